The Hall–Kier alpha value is -1.72. The maximum atomic E-state index is 14.1. The molecule has 1 atom stereocenters. The molecule has 0 aromatic heterocycles. The largest absolute Gasteiger partial charge is 0.246 e. The first-order chi connectivity index (χ1) is 11.5. The Bertz CT molecular complexity index is 820. The monoisotopic (exact) mass is 347 g/mol. The third-order valence-electron chi connectivity index (χ3n) is 4.55. The fourth-order valence-electron chi connectivity index (χ4n) is 3.36. The summed E-state index contributed by atoms with van der Waals surface area (Å²) in [7, 11) is -3.87. The van der Waals surface area contributed by atoms with Crippen LogP contribution in [0.2, 0.25) is 0 Å². The van der Waals surface area contributed by atoms with Gasteiger partial charge in [-0.15, -0.1) is 0 Å². The molecule has 0 spiro atoms. The normalized spacial score (nSPS) is 19.8. The summed E-state index contributed by atoms with van der Waals surface area (Å²) < 4.78 is 41.9. The predicted octanol–water partition coefficient (Wildman–Crippen LogP) is 4.44. The van der Waals surface area contributed by atoms with E-state index in [-0.39, 0.29) is 10.9 Å². The second kappa shape index (κ2) is 7.03. The molecule has 0 saturated carbocycles. The molecule has 1 heterocycles. The maximum absolute atomic E-state index is 14.1. The average molecular weight is 347 g/mol. The molecule has 3 rings (SSSR count). The molecule has 0 N–H and O–H groups in total. The summed E-state index contributed by atoms with van der Waals surface area (Å²) in [6.07, 6.45) is 3.53. The molecule has 0 radical (unpaired) electrons. The first-order valence-corrected chi connectivity index (χ1v) is 9.77. The zero-order chi connectivity index (χ0) is 17.2. The van der Waals surface area contributed by atoms with Gasteiger partial charge in [0.15, 0.2) is 0 Å². The Morgan fingerprint density at radius 3 is 2.58 bits per heavy atom. The van der Waals surface area contributed by atoms with Crippen LogP contribution in [0.5, 0.6) is 0 Å². The highest BCUT2D eigenvalue weighted by molar-refractivity contribution is 7.89. The van der Waals surface area contributed by atoms with Crippen LogP contribution in [0.15, 0.2) is 53.4 Å². The van der Waals surface area contributed by atoms with Gasteiger partial charge in [-0.1, -0.05) is 54.8 Å². The van der Waals surface area contributed by atoms with Gasteiger partial charge >= 0.3 is 0 Å². The molecule has 5 heteroatoms. The first kappa shape index (κ1) is 17.1. The third kappa shape index (κ3) is 3.37. The van der Waals surface area contributed by atoms with Crippen LogP contribution in [0, 0.1) is 12.7 Å². The highest BCUT2D eigenvalue weighted by Crippen LogP contribution is 2.35. The van der Waals surface area contributed by atoms with Crippen LogP contribution in [0.4, 0.5) is 4.39 Å². The third-order valence-corrected chi connectivity index (χ3v) is 6.50. The van der Waals surface area contributed by atoms with Crippen molar-refractivity contribution in [2.45, 2.75) is 43.5 Å². The van der Waals surface area contributed by atoms with E-state index in [9.17, 15) is 12.8 Å². The highest BCUT2D eigenvalue weighted by Gasteiger charge is 2.34. The van der Waals surface area contributed by atoms with E-state index in [2.05, 4.69) is 0 Å². The number of benzene rings is 2. The lowest BCUT2D eigenvalue weighted by atomic mass is 10.0. The Balaban J connectivity index is 2.06. The van der Waals surface area contributed by atoms with E-state index in [0.717, 1.165) is 36.8 Å². The zero-order valence-corrected chi connectivity index (χ0v) is 14.6. The molecule has 128 valence electrons. The molecule has 2 aromatic rings. The van der Waals surface area contributed by atoms with Crippen molar-refractivity contribution in [3.8, 4) is 0 Å². The van der Waals surface area contributed by atoms with Crippen molar-refractivity contribution in [1.29, 1.82) is 0 Å². The fourth-order valence-corrected chi connectivity index (χ4v) is 5.11. The van der Waals surface area contributed by atoms with Gasteiger partial charge in [-0.3, -0.25) is 0 Å². The zero-order valence-electron chi connectivity index (χ0n) is 13.8. The summed E-state index contributed by atoms with van der Waals surface area (Å²) in [4.78, 5) is -0.232. The number of hydrogen-bond donors (Lipinski definition) is 0. The minimum absolute atomic E-state index is 0.232. The fraction of sp³-hybridized carbons (Fsp3) is 0.368. The van der Waals surface area contributed by atoms with Crippen molar-refractivity contribution >= 4 is 10.0 Å². The van der Waals surface area contributed by atoms with Gasteiger partial charge in [0, 0.05) is 6.54 Å². The number of sulfonamides is 1. The van der Waals surface area contributed by atoms with E-state index < -0.39 is 15.8 Å². The Morgan fingerprint density at radius 2 is 1.83 bits per heavy atom. The van der Waals surface area contributed by atoms with Gasteiger partial charge < -0.3 is 0 Å². The minimum atomic E-state index is -3.87. The molecule has 3 nitrogen and oxygen atoms in total. The lowest BCUT2D eigenvalue weighted by Gasteiger charge is -2.30. The van der Waals surface area contributed by atoms with Crippen LogP contribution in [0.1, 0.15) is 42.9 Å². The van der Waals surface area contributed by atoms with Gasteiger partial charge in [-0.05, 0) is 37.5 Å². The molecular formula is C19H22FNO2S. The van der Waals surface area contributed by atoms with Gasteiger partial charge in [-0.2, -0.15) is 4.31 Å². The molecule has 0 aliphatic carbocycles. The average Bonchev–Trinajstić information content (AvgIpc) is 2.81. The van der Waals surface area contributed by atoms with Crippen LogP contribution >= 0.6 is 0 Å². The molecule has 1 aliphatic heterocycles. The molecule has 1 saturated heterocycles. The second-order valence-corrected chi connectivity index (χ2v) is 8.18. The van der Waals surface area contributed by atoms with E-state index in [1.54, 1.807) is 6.07 Å². The minimum Gasteiger partial charge on any atom is -0.207 e. The Kier molecular flexibility index (Phi) is 5.01. The van der Waals surface area contributed by atoms with Crippen molar-refractivity contribution in [2.75, 3.05) is 6.54 Å². The van der Waals surface area contributed by atoms with E-state index in [1.807, 2.05) is 31.2 Å². The van der Waals surface area contributed by atoms with Crippen LogP contribution < -0.4 is 0 Å². The molecule has 1 fully saturated rings. The summed E-state index contributed by atoms with van der Waals surface area (Å²) in [5, 5.41) is 0. The summed E-state index contributed by atoms with van der Waals surface area (Å²) in [5.74, 6) is -0.690. The van der Waals surface area contributed by atoms with Crippen molar-refractivity contribution in [2.24, 2.45) is 0 Å². The SMILES string of the molecule is Cc1cccc([C@@H]2CCCCCN2S(=O)(=O)c2ccccc2F)c1. The van der Waals surface area contributed by atoms with Gasteiger partial charge in [0.1, 0.15) is 10.7 Å². The number of halogens is 1. The van der Waals surface area contributed by atoms with Gasteiger partial charge in [0.2, 0.25) is 10.0 Å². The smallest absolute Gasteiger partial charge is 0.207 e. The first-order valence-electron chi connectivity index (χ1n) is 8.33. The number of rotatable bonds is 3. The quantitative estimate of drug-likeness (QED) is 0.823. The lowest BCUT2D eigenvalue weighted by molar-refractivity contribution is 0.327. The Labute approximate surface area is 143 Å². The summed E-state index contributed by atoms with van der Waals surface area (Å²) in [6, 6.07) is 13.3. The summed E-state index contributed by atoms with van der Waals surface area (Å²) in [6.45, 7) is 2.42. The van der Waals surface area contributed by atoms with Crippen LogP contribution in [-0.2, 0) is 10.0 Å². The summed E-state index contributed by atoms with van der Waals surface area (Å²) >= 11 is 0. The van der Waals surface area contributed by atoms with Crippen LogP contribution in [-0.4, -0.2) is 19.3 Å². The second-order valence-electron chi connectivity index (χ2n) is 6.33. The van der Waals surface area contributed by atoms with E-state index in [4.69, 9.17) is 0 Å². The van der Waals surface area contributed by atoms with Crippen molar-refractivity contribution in [3.05, 3.63) is 65.5 Å². The molecule has 0 unspecified atom stereocenters. The van der Waals surface area contributed by atoms with Gasteiger partial charge in [-0.25, -0.2) is 12.8 Å². The molecular weight excluding hydrogens is 325 g/mol. The van der Waals surface area contributed by atoms with Crippen LogP contribution in [0.25, 0.3) is 0 Å². The maximum Gasteiger partial charge on any atom is 0.246 e. The van der Waals surface area contributed by atoms with E-state index >= 15 is 0 Å². The van der Waals surface area contributed by atoms with E-state index in [1.165, 1.54) is 22.5 Å². The number of aryl methyl sites for hydroxylation is 1. The van der Waals surface area contributed by atoms with Crippen molar-refractivity contribution in [3.63, 3.8) is 0 Å². The van der Waals surface area contributed by atoms with E-state index in [0.29, 0.717) is 6.54 Å². The Morgan fingerprint density at radius 1 is 1.04 bits per heavy atom. The summed E-state index contributed by atoms with van der Waals surface area (Å²) in [5.41, 5.74) is 2.08. The molecule has 0 bridgehead atoms. The highest BCUT2D eigenvalue weighted by atomic mass is 32.2. The molecule has 2 aromatic carbocycles. The number of hydrogen-bond acceptors (Lipinski definition) is 2. The number of nitrogens with zero attached hydrogens (tertiary/aromatic N) is 1. The topological polar surface area (TPSA) is 37.4 Å². The molecule has 1 aliphatic rings. The lowest BCUT2D eigenvalue weighted by Crippen LogP contribution is -2.35. The molecule has 24 heavy (non-hydrogen) atoms. The molecule has 0 amide bonds. The standard InChI is InChI=1S/C19H22FNO2S/c1-15-8-7-9-16(14-15)18-11-3-2-6-13-21(18)24(22,23)19-12-5-4-10-17(19)20/h4-5,7-10,12,14,18H,2-3,6,11,13H2,1H3/t18-/m0/s1. The van der Waals surface area contributed by atoms with Crippen molar-refractivity contribution < 1.29 is 12.8 Å². The van der Waals surface area contributed by atoms with Crippen LogP contribution in [0.3, 0.4) is 0 Å². The van der Waals surface area contributed by atoms with Crippen molar-refractivity contribution in [1.82, 2.24) is 4.31 Å². The predicted molar refractivity (Wildman–Crippen MR) is 92.7 cm³/mol. The van der Waals surface area contributed by atoms with Gasteiger partial charge in [0.05, 0.1) is 6.04 Å². The van der Waals surface area contributed by atoms with Gasteiger partial charge in [0.25, 0.3) is 0 Å².